The third-order valence-corrected chi connectivity index (χ3v) is 1.85. The van der Waals surface area contributed by atoms with Crippen LogP contribution in [-0.4, -0.2) is 37.3 Å². The van der Waals surface area contributed by atoms with E-state index in [1.165, 1.54) is 6.92 Å². The summed E-state index contributed by atoms with van der Waals surface area (Å²) in [6.45, 7) is 9.06. The van der Waals surface area contributed by atoms with Crippen molar-refractivity contribution in [1.82, 2.24) is 0 Å². The van der Waals surface area contributed by atoms with Crippen LogP contribution in [0.25, 0.3) is 0 Å². The largest absolute Gasteiger partial charge is 0.368 e. The first-order valence-corrected chi connectivity index (χ1v) is 6.40. The van der Waals surface area contributed by atoms with Crippen LogP contribution in [0.1, 0.15) is 20.8 Å². The van der Waals surface area contributed by atoms with E-state index in [4.69, 9.17) is 19.1 Å². The van der Waals surface area contributed by atoms with Crippen molar-refractivity contribution in [2.75, 3.05) is 13.3 Å². The van der Waals surface area contributed by atoms with Gasteiger partial charge in [0.2, 0.25) is 0 Å². The summed E-state index contributed by atoms with van der Waals surface area (Å²) in [6, 6.07) is 0. The first-order chi connectivity index (χ1) is 5.91. The van der Waals surface area contributed by atoms with Gasteiger partial charge in [0.25, 0.3) is 0 Å². The zero-order valence-electron chi connectivity index (χ0n) is 8.85. The van der Waals surface area contributed by atoms with Crippen LogP contribution in [0.4, 0.5) is 0 Å². The van der Waals surface area contributed by atoms with Gasteiger partial charge in [-0.3, -0.25) is 0 Å². The van der Waals surface area contributed by atoms with Crippen molar-refractivity contribution in [3.05, 3.63) is 0 Å². The summed E-state index contributed by atoms with van der Waals surface area (Å²) in [5, 5.41) is 8.88. The Hall–Kier alpha value is 0.270. The molecule has 0 aliphatic carbocycles. The lowest BCUT2D eigenvalue weighted by atomic mass is 10.6. The Bertz CT molecular complexity index is 115. The smallest absolute Gasteiger partial charge is 0.161 e. The maximum atomic E-state index is 8.88. The molecule has 0 spiro atoms. The molecule has 0 saturated heterocycles. The number of aliphatic hydroxyl groups excluding tert-OH is 1. The van der Waals surface area contributed by atoms with Crippen LogP contribution in [0.5, 0.6) is 0 Å². The Balaban J connectivity index is 3.58. The Labute approximate surface area is 81.0 Å². The molecule has 80 valence electrons. The normalized spacial score (nSPS) is 18.7. The molecule has 0 aliphatic heterocycles. The number of hydrogen-bond donors (Lipinski definition) is 1. The second-order valence-corrected chi connectivity index (χ2v) is 4.76. The van der Waals surface area contributed by atoms with Gasteiger partial charge >= 0.3 is 0 Å². The molecule has 0 saturated carbocycles. The summed E-state index contributed by atoms with van der Waals surface area (Å²) in [6.07, 6.45) is -1.56. The Kier molecular flexibility index (Phi) is 6.82. The van der Waals surface area contributed by atoms with Crippen molar-refractivity contribution < 1.29 is 19.1 Å². The van der Waals surface area contributed by atoms with Crippen LogP contribution >= 0.6 is 8.15 Å². The second kappa shape index (κ2) is 6.68. The molecular formula is C8H19O4P. The summed E-state index contributed by atoms with van der Waals surface area (Å²) in [4.78, 5) is 0. The van der Waals surface area contributed by atoms with Crippen molar-refractivity contribution in [2.24, 2.45) is 0 Å². The van der Waals surface area contributed by atoms with Crippen LogP contribution in [0.2, 0.25) is 0 Å². The molecule has 1 N–H and O–H groups in total. The quantitative estimate of drug-likeness (QED) is 0.535. The van der Waals surface area contributed by atoms with Crippen LogP contribution in [0.15, 0.2) is 0 Å². The number of rotatable bonds is 6. The molecule has 4 nitrogen and oxygen atoms in total. The zero-order chi connectivity index (χ0) is 10.4. The third-order valence-electron chi connectivity index (χ3n) is 1.13. The van der Waals surface area contributed by atoms with Crippen molar-refractivity contribution >= 4 is 8.15 Å². The lowest BCUT2D eigenvalue weighted by Crippen LogP contribution is -2.24. The van der Waals surface area contributed by atoms with Crippen molar-refractivity contribution in [3.8, 4) is 0 Å². The van der Waals surface area contributed by atoms with Crippen molar-refractivity contribution in [1.29, 1.82) is 0 Å². The predicted octanol–water partition coefficient (Wildman–Crippen LogP) is 1.72. The minimum Gasteiger partial charge on any atom is -0.368 e. The van der Waals surface area contributed by atoms with Gasteiger partial charge in [-0.15, -0.1) is 0 Å². The summed E-state index contributed by atoms with van der Waals surface area (Å²) in [5.41, 5.74) is 0. The summed E-state index contributed by atoms with van der Waals surface area (Å²) < 4.78 is 15.6. The van der Waals surface area contributed by atoms with Gasteiger partial charge in [-0.25, -0.2) is 0 Å². The highest BCUT2D eigenvalue weighted by Crippen LogP contribution is 2.28. The minimum atomic E-state index is -0.813. The number of ether oxygens (including phenoxy) is 2. The average Bonchev–Trinajstić information content (AvgIpc) is 1.80. The van der Waals surface area contributed by atoms with Gasteiger partial charge in [0.05, 0.1) is 0 Å². The fourth-order valence-electron chi connectivity index (χ4n) is 0.901. The standard InChI is InChI=1S/C8H19O4P/c1-6(9)10-7(2)11-8(3)12-13(4)5/h6-9H,1-5H3. The highest BCUT2D eigenvalue weighted by Gasteiger charge is 2.12. The maximum absolute atomic E-state index is 8.88. The number of aliphatic hydroxyl groups is 1. The SMILES string of the molecule is CC(O)OC(C)OC(C)OP(C)C. The van der Waals surface area contributed by atoms with Crippen molar-refractivity contribution in [3.63, 3.8) is 0 Å². The third kappa shape index (κ3) is 8.60. The molecule has 5 heteroatoms. The summed E-state index contributed by atoms with van der Waals surface area (Å²) in [5.74, 6) is 0. The van der Waals surface area contributed by atoms with E-state index in [2.05, 4.69) is 0 Å². The van der Waals surface area contributed by atoms with Gasteiger partial charge in [-0.05, 0) is 34.1 Å². The molecule has 0 rings (SSSR count). The van der Waals surface area contributed by atoms with Gasteiger partial charge in [0.15, 0.2) is 18.9 Å². The summed E-state index contributed by atoms with van der Waals surface area (Å²) >= 11 is 0. The van der Waals surface area contributed by atoms with E-state index in [0.29, 0.717) is 0 Å². The molecule has 3 unspecified atom stereocenters. The molecule has 0 heterocycles. The van der Waals surface area contributed by atoms with Gasteiger partial charge in [-0.2, -0.15) is 0 Å². The van der Waals surface area contributed by atoms with Crippen LogP contribution in [-0.2, 0) is 14.0 Å². The topological polar surface area (TPSA) is 47.9 Å². The van der Waals surface area contributed by atoms with Crippen LogP contribution < -0.4 is 0 Å². The molecule has 0 aromatic carbocycles. The van der Waals surface area contributed by atoms with E-state index < -0.39 is 20.7 Å². The molecule has 0 amide bonds. The second-order valence-electron chi connectivity index (χ2n) is 2.92. The summed E-state index contributed by atoms with van der Waals surface area (Å²) in [7, 11) is -0.434. The van der Waals surface area contributed by atoms with E-state index in [1.54, 1.807) is 6.92 Å². The molecule has 0 bridgehead atoms. The van der Waals surface area contributed by atoms with E-state index >= 15 is 0 Å². The lowest BCUT2D eigenvalue weighted by molar-refractivity contribution is -0.252. The molecule has 0 aliphatic rings. The molecule has 3 atom stereocenters. The highest BCUT2D eigenvalue weighted by molar-refractivity contribution is 7.50. The molecule has 13 heavy (non-hydrogen) atoms. The molecule has 0 radical (unpaired) electrons. The Morgan fingerprint density at radius 1 is 1.00 bits per heavy atom. The predicted molar refractivity (Wildman–Crippen MR) is 52.6 cm³/mol. The highest BCUT2D eigenvalue weighted by atomic mass is 31.1. The van der Waals surface area contributed by atoms with Gasteiger partial charge in [0.1, 0.15) is 0 Å². The average molecular weight is 210 g/mol. The minimum absolute atomic E-state index is 0.296. The van der Waals surface area contributed by atoms with Crippen LogP contribution in [0.3, 0.4) is 0 Å². The monoisotopic (exact) mass is 210 g/mol. The Morgan fingerprint density at radius 3 is 1.92 bits per heavy atom. The van der Waals surface area contributed by atoms with Crippen LogP contribution in [0, 0.1) is 0 Å². The van der Waals surface area contributed by atoms with Crippen molar-refractivity contribution in [2.45, 2.75) is 39.6 Å². The lowest BCUT2D eigenvalue weighted by Gasteiger charge is -2.22. The zero-order valence-corrected chi connectivity index (χ0v) is 9.75. The van der Waals surface area contributed by atoms with Gasteiger partial charge in [-0.1, -0.05) is 0 Å². The molecule has 0 aromatic rings. The molecular weight excluding hydrogens is 191 g/mol. The molecule has 0 aromatic heterocycles. The fraction of sp³-hybridized carbons (Fsp3) is 1.00. The molecule has 0 fully saturated rings. The number of hydrogen-bond acceptors (Lipinski definition) is 4. The van der Waals surface area contributed by atoms with E-state index in [-0.39, 0.29) is 6.29 Å². The maximum Gasteiger partial charge on any atom is 0.161 e. The fourth-order valence-corrected chi connectivity index (χ4v) is 1.54. The first kappa shape index (κ1) is 13.3. The first-order valence-electron chi connectivity index (χ1n) is 4.25. The van der Waals surface area contributed by atoms with E-state index in [1.807, 2.05) is 20.3 Å². The van der Waals surface area contributed by atoms with Gasteiger partial charge in [0, 0.05) is 8.15 Å². The van der Waals surface area contributed by atoms with E-state index in [0.717, 1.165) is 0 Å². The van der Waals surface area contributed by atoms with E-state index in [9.17, 15) is 0 Å². The Morgan fingerprint density at radius 2 is 1.54 bits per heavy atom. The van der Waals surface area contributed by atoms with Gasteiger partial charge < -0.3 is 19.1 Å².